The number of nitrogens with one attached hydrogen (secondary N) is 1. The molecular weight excluding hydrogens is 200 g/mol. The largest absolute Gasteiger partial charge is 0.358 e. The van der Waals surface area contributed by atoms with Crippen LogP contribution in [0, 0.1) is 0 Å². The second-order valence-corrected chi connectivity index (χ2v) is 4.26. The summed E-state index contributed by atoms with van der Waals surface area (Å²) in [6.45, 7) is 4.19. The number of aldehydes is 1. The molecule has 0 aliphatic carbocycles. The zero-order valence-corrected chi connectivity index (χ0v) is 9.82. The predicted octanol–water partition coefficient (Wildman–Crippen LogP) is 2.83. The molecule has 84 valence electrons. The topological polar surface area (TPSA) is 36.1 Å². The minimum atomic E-state index is 0.353. The minimum Gasteiger partial charge on any atom is -0.358 e. The van der Waals surface area contributed by atoms with E-state index in [4.69, 9.17) is 0 Å². The molecule has 2 rings (SSSR count). The summed E-state index contributed by atoms with van der Waals surface area (Å²) in [4.78, 5) is 16.5. The second kappa shape index (κ2) is 4.00. The van der Waals surface area contributed by atoms with E-state index in [1.54, 1.807) is 0 Å². The molecule has 2 aromatic rings. The van der Waals surface area contributed by atoms with Crippen LogP contribution in [0.25, 0.3) is 10.9 Å². The van der Waals surface area contributed by atoms with Gasteiger partial charge in [-0.25, -0.2) is 0 Å². The highest BCUT2D eigenvalue weighted by atomic mass is 16.1. The van der Waals surface area contributed by atoms with Crippen molar-refractivity contribution in [3.63, 3.8) is 0 Å². The Kier molecular flexibility index (Phi) is 2.69. The first-order chi connectivity index (χ1) is 7.65. The molecule has 1 N–H and O–H groups in total. The van der Waals surface area contributed by atoms with E-state index >= 15 is 0 Å². The molecule has 0 aliphatic rings. The third-order valence-electron chi connectivity index (χ3n) is 2.97. The van der Waals surface area contributed by atoms with Gasteiger partial charge in [0.25, 0.3) is 0 Å². The Balaban J connectivity index is 2.65. The van der Waals surface area contributed by atoms with Crippen molar-refractivity contribution in [2.45, 2.75) is 19.9 Å². The van der Waals surface area contributed by atoms with E-state index in [1.165, 1.54) is 0 Å². The highest BCUT2D eigenvalue weighted by molar-refractivity contribution is 6.03. The molecule has 0 atom stereocenters. The third kappa shape index (κ3) is 1.58. The fraction of sp³-hybridized carbons (Fsp3) is 0.308. The number of carbonyl (C=O) groups is 1. The van der Waals surface area contributed by atoms with Crippen molar-refractivity contribution < 1.29 is 4.79 Å². The lowest BCUT2D eigenvalue weighted by molar-refractivity contribution is 0.112. The Labute approximate surface area is 95.1 Å². The number of benzene rings is 1. The van der Waals surface area contributed by atoms with Gasteiger partial charge in [-0.15, -0.1) is 0 Å². The fourth-order valence-corrected chi connectivity index (χ4v) is 1.81. The van der Waals surface area contributed by atoms with Gasteiger partial charge in [-0.1, -0.05) is 18.2 Å². The molecule has 1 aromatic carbocycles. The van der Waals surface area contributed by atoms with E-state index < -0.39 is 0 Å². The molecule has 0 aliphatic heterocycles. The summed E-state index contributed by atoms with van der Waals surface area (Å²) in [6.07, 6.45) is 0.924. The number of hydrogen-bond acceptors (Lipinski definition) is 2. The van der Waals surface area contributed by atoms with E-state index in [0.29, 0.717) is 6.04 Å². The maximum Gasteiger partial charge on any atom is 0.154 e. The van der Waals surface area contributed by atoms with Gasteiger partial charge in [0.15, 0.2) is 6.29 Å². The molecule has 0 fully saturated rings. The average Bonchev–Trinajstić information content (AvgIpc) is 2.65. The van der Waals surface area contributed by atoms with Gasteiger partial charge in [0, 0.05) is 24.0 Å². The van der Waals surface area contributed by atoms with E-state index in [1.807, 2.05) is 31.3 Å². The van der Waals surface area contributed by atoms with Gasteiger partial charge in [0.1, 0.15) is 5.82 Å². The maximum absolute atomic E-state index is 11.2. The van der Waals surface area contributed by atoms with E-state index in [-0.39, 0.29) is 0 Å². The minimum absolute atomic E-state index is 0.353. The van der Waals surface area contributed by atoms with Crippen molar-refractivity contribution in [3.05, 3.63) is 29.8 Å². The van der Waals surface area contributed by atoms with Crippen LogP contribution < -0.4 is 4.90 Å². The van der Waals surface area contributed by atoms with Crippen LogP contribution in [0.2, 0.25) is 0 Å². The zero-order chi connectivity index (χ0) is 11.7. The van der Waals surface area contributed by atoms with Gasteiger partial charge in [0.05, 0.1) is 5.56 Å². The quantitative estimate of drug-likeness (QED) is 0.801. The first-order valence-electron chi connectivity index (χ1n) is 5.44. The second-order valence-electron chi connectivity index (χ2n) is 4.26. The summed E-state index contributed by atoms with van der Waals surface area (Å²) >= 11 is 0. The molecular formula is C13H16N2O. The number of rotatable bonds is 3. The summed E-state index contributed by atoms with van der Waals surface area (Å²) in [5.74, 6) is 0.895. The molecule has 0 amide bonds. The summed E-state index contributed by atoms with van der Waals surface area (Å²) in [5.41, 5.74) is 1.75. The highest BCUT2D eigenvalue weighted by Crippen LogP contribution is 2.27. The summed E-state index contributed by atoms with van der Waals surface area (Å²) in [5, 5.41) is 0.986. The normalized spacial score (nSPS) is 11.0. The fourth-order valence-electron chi connectivity index (χ4n) is 1.81. The van der Waals surface area contributed by atoms with Crippen LogP contribution in [0.1, 0.15) is 24.2 Å². The molecule has 0 unspecified atom stereocenters. The molecule has 0 saturated heterocycles. The Hall–Kier alpha value is -1.77. The molecule has 3 heteroatoms. The van der Waals surface area contributed by atoms with Crippen molar-refractivity contribution in [1.82, 2.24) is 4.98 Å². The lowest BCUT2D eigenvalue weighted by Crippen LogP contribution is -2.26. The molecule has 16 heavy (non-hydrogen) atoms. The standard InChI is InChI=1S/C13H16N2O/c1-9(2)15(3)13-11(8-16)10-6-4-5-7-12(10)14-13/h4-9,14H,1-3H3. The number of para-hydroxylation sites is 1. The van der Waals surface area contributed by atoms with Crippen LogP contribution in [-0.4, -0.2) is 24.4 Å². The smallest absolute Gasteiger partial charge is 0.154 e. The Morgan fingerprint density at radius 2 is 2.00 bits per heavy atom. The molecule has 0 spiro atoms. The van der Waals surface area contributed by atoms with Gasteiger partial charge in [-0.2, -0.15) is 0 Å². The molecule has 3 nitrogen and oxygen atoms in total. The van der Waals surface area contributed by atoms with Crippen LogP contribution in [0.3, 0.4) is 0 Å². The monoisotopic (exact) mass is 216 g/mol. The van der Waals surface area contributed by atoms with Crippen LogP contribution in [0.5, 0.6) is 0 Å². The van der Waals surface area contributed by atoms with Crippen LogP contribution in [0.15, 0.2) is 24.3 Å². The number of nitrogens with zero attached hydrogens (tertiary/aromatic N) is 1. The van der Waals surface area contributed by atoms with E-state index in [2.05, 4.69) is 23.7 Å². The number of hydrogen-bond donors (Lipinski definition) is 1. The van der Waals surface area contributed by atoms with Crippen LogP contribution in [-0.2, 0) is 0 Å². The number of H-pyrrole nitrogens is 1. The van der Waals surface area contributed by atoms with Crippen molar-refractivity contribution in [1.29, 1.82) is 0 Å². The Morgan fingerprint density at radius 1 is 1.31 bits per heavy atom. The number of carbonyl (C=O) groups excluding carboxylic acids is 1. The van der Waals surface area contributed by atoms with Gasteiger partial charge < -0.3 is 9.88 Å². The van der Waals surface area contributed by atoms with Crippen molar-refractivity contribution in [3.8, 4) is 0 Å². The van der Waals surface area contributed by atoms with Gasteiger partial charge in [-0.05, 0) is 19.9 Å². The van der Waals surface area contributed by atoms with Crippen LogP contribution >= 0.6 is 0 Å². The number of aromatic amines is 1. The van der Waals surface area contributed by atoms with Crippen LogP contribution in [0.4, 0.5) is 5.82 Å². The molecule has 0 radical (unpaired) electrons. The summed E-state index contributed by atoms with van der Waals surface area (Å²) in [6, 6.07) is 8.22. The number of fused-ring (bicyclic) bond motifs is 1. The molecule has 0 saturated carbocycles. The molecule has 0 bridgehead atoms. The first kappa shape index (κ1) is 10.7. The van der Waals surface area contributed by atoms with Crippen molar-refractivity contribution in [2.75, 3.05) is 11.9 Å². The van der Waals surface area contributed by atoms with Crippen molar-refractivity contribution in [2.24, 2.45) is 0 Å². The molecule has 1 heterocycles. The van der Waals surface area contributed by atoms with Gasteiger partial charge >= 0.3 is 0 Å². The van der Waals surface area contributed by atoms with E-state index in [0.717, 1.165) is 28.6 Å². The summed E-state index contributed by atoms with van der Waals surface area (Å²) < 4.78 is 0. The third-order valence-corrected chi connectivity index (χ3v) is 2.97. The maximum atomic E-state index is 11.2. The highest BCUT2D eigenvalue weighted by Gasteiger charge is 2.15. The van der Waals surface area contributed by atoms with Gasteiger partial charge in [0.2, 0.25) is 0 Å². The SMILES string of the molecule is CC(C)N(C)c1[nH]c2ccccc2c1C=O. The summed E-state index contributed by atoms with van der Waals surface area (Å²) in [7, 11) is 1.99. The first-order valence-corrected chi connectivity index (χ1v) is 5.44. The number of aromatic nitrogens is 1. The van der Waals surface area contributed by atoms with Gasteiger partial charge in [-0.3, -0.25) is 4.79 Å². The lowest BCUT2D eigenvalue weighted by Gasteiger charge is -2.22. The van der Waals surface area contributed by atoms with E-state index in [9.17, 15) is 4.79 Å². The lowest BCUT2D eigenvalue weighted by atomic mass is 10.2. The predicted molar refractivity (Wildman–Crippen MR) is 67.2 cm³/mol. The Morgan fingerprint density at radius 3 is 2.62 bits per heavy atom. The zero-order valence-electron chi connectivity index (χ0n) is 9.82. The average molecular weight is 216 g/mol. The number of anilines is 1. The molecule has 1 aromatic heterocycles. The van der Waals surface area contributed by atoms with Crippen molar-refractivity contribution >= 4 is 23.0 Å². The Bertz CT molecular complexity index is 514.